The van der Waals surface area contributed by atoms with Crippen molar-refractivity contribution in [2.45, 2.75) is 38.3 Å². The fourth-order valence-electron chi connectivity index (χ4n) is 2.36. The van der Waals surface area contributed by atoms with E-state index in [1.54, 1.807) is 12.4 Å². The maximum atomic E-state index is 10.3. The molecule has 1 N–H and O–H groups in total. The molecule has 0 aromatic carbocycles. The summed E-state index contributed by atoms with van der Waals surface area (Å²) in [6, 6.07) is 3.98. The third-order valence-electron chi connectivity index (χ3n) is 3.47. The van der Waals surface area contributed by atoms with Crippen molar-refractivity contribution in [2.24, 2.45) is 0 Å². The van der Waals surface area contributed by atoms with E-state index in [1.807, 2.05) is 12.1 Å². The lowest BCUT2D eigenvalue weighted by atomic mass is 10.0. The molecule has 3 nitrogen and oxygen atoms in total. The first kappa shape index (κ1) is 11.6. The van der Waals surface area contributed by atoms with Crippen LogP contribution in [0.4, 0.5) is 0 Å². The van der Waals surface area contributed by atoms with Crippen LogP contribution in [0.25, 0.3) is 0 Å². The molecule has 2 heterocycles. The van der Waals surface area contributed by atoms with Crippen LogP contribution in [0.2, 0.25) is 0 Å². The second-order valence-electron chi connectivity index (χ2n) is 4.56. The molecule has 0 spiro atoms. The van der Waals surface area contributed by atoms with Gasteiger partial charge in [-0.1, -0.05) is 6.42 Å². The Bertz CT molecular complexity index is 309. The summed E-state index contributed by atoms with van der Waals surface area (Å²) in [5.74, 6) is 0. The lowest BCUT2D eigenvalue weighted by molar-refractivity contribution is 0.0470. The molecule has 0 amide bonds. The smallest absolute Gasteiger partial charge is 0.0943 e. The van der Waals surface area contributed by atoms with Gasteiger partial charge in [-0.15, -0.1) is 0 Å². The normalized spacial score (nSPS) is 21.6. The molecule has 1 aromatic heterocycles. The summed E-state index contributed by atoms with van der Waals surface area (Å²) in [6.45, 7) is 4.34. The number of nitrogens with zero attached hydrogens (tertiary/aromatic N) is 2. The molecule has 1 aromatic rings. The van der Waals surface area contributed by atoms with Crippen molar-refractivity contribution in [1.29, 1.82) is 0 Å². The highest BCUT2D eigenvalue weighted by atomic mass is 16.3. The van der Waals surface area contributed by atoms with Crippen LogP contribution >= 0.6 is 0 Å². The van der Waals surface area contributed by atoms with Crippen molar-refractivity contribution in [2.75, 3.05) is 13.1 Å². The maximum absolute atomic E-state index is 10.3. The lowest BCUT2D eigenvalue weighted by Gasteiger charge is -2.35. The molecule has 1 aliphatic rings. The van der Waals surface area contributed by atoms with E-state index < -0.39 is 6.10 Å². The van der Waals surface area contributed by atoms with Gasteiger partial charge in [-0.3, -0.25) is 9.88 Å². The van der Waals surface area contributed by atoms with Crippen molar-refractivity contribution in [3.8, 4) is 0 Å². The number of rotatable bonds is 3. The topological polar surface area (TPSA) is 36.4 Å². The molecule has 1 fully saturated rings. The van der Waals surface area contributed by atoms with Crippen LogP contribution in [0.3, 0.4) is 0 Å². The molecule has 2 rings (SSSR count). The van der Waals surface area contributed by atoms with Gasteiger partial charge in [0.2, 0.25) is 0 Å². The van der Waals surface area contributed by atoms with Gasteiger partial charge in [-0.2, -0.15) is 0 Å². The van der Waals surface area contributed by atoms with Crippen LogP contribution in [0.5, 0.6) is 0 Å². The monoisotopic (exact) mass is 220 g/mol. The Morgan fingerprint density at radius 3 is 2.44 bits per heavy atom. The van der Waals surface area contributed by atoms with Crippen molar-refractivity contribution in [1.82, 2.24) is 9.88 Å². The summed E-state index contributed by atoms with van der Waals surface area (Å²) in [5.41, 5.74) is 0.966. The van der Waals surface area contributed by atoms with Gasteiger partial charge in [0.15, 0.2) is 0 Å². The number of hydrogen-bond acceptors (Lipinski definition) is 3. The van der Waals surface area contributed by atoms with Crippen molar-refractivity contribution in [3.63, 3.8) is 0 Å². The molecule has 3 heteroatoms. The number of aliphatic hydroxyl groups excluding tert-OH is 1. The maximum Gasteiger partial charge on any atom is 0.0943 e. The molecule has 0 bridgehead atoms. The summed E-state index contributed by atoms with van der Waals surface area (Å²) in [6.07, 6.45) is 6.92. The molecular formula is C13H20N2O. The minimum absolute atomic E-state index is 0.197. The Morgan fingerprint density at radius 2 is 1.81 bits per heavy atom. The van der Waals surface area contributed by atoms with Gasteiger partial charge in [0, 0.05) is 18.4 Å². The SMILES string of the molecule is C[C@H]([C@@H](O)c1ccncc1)N1CCCCC1. The van der Waals surface area contributed by atoms with E-state index in [2.05, 4.69) is 16.8 Å². The lowest BCUT2D eigenvalue weighted by Crippen LogP contribution is -2.40. The van der Waals surface area contributed by atoms with Crippen LogP contribution in [0.15, 0.2) is 24.5 Å². The predicted molar refractivity (Wildman–Crippen MR) is 64.1 cm³/mol. The first-order chi connectivity index (χ1) is 7.79. The van der Waals surface area contributed by atoms with Gasteiger partial charge in [-0.05, 0) is 50.6 Å². The van der Waals surface area contributed by atoms with Crippen LogP contribution in [-0.2, 0) is 0 Å². The molecule has 2 atom stereocenters. The summed E-state index contributed by atoms with van der Waals surface area (Å²) in [5, 5.41) is 10.3. The minimum atomic E-state index is -0.402. The van der Waals surface area contributed by atoms with Crippen molar-refractivity contribution in [3.05, 3.63) is 30.1 Å². The summed E-state index contributed by atoms with van der Waals surface area (Å²) < 4.78 is 0. The van der Waals surface area contributed by atoms with Gasteiger partial charge in [-0.25, -0.2) is 0 Å². The third-order valence-corrected chi connectivity index (χ3v) is 3.47. The Labute approximate surface area is 97.1 Å². The van der Waals surface area contributed by atoms with E-state index >= 15 is 0 Å². The molecule has 1 saturated heterocycles. The van der Waals surface area contributed by atoms with E-state index in [1.165, 1.54) is 19.3 Å². The number of likely N-dealkylation sites (tertiary alicyclic amines) is 1. The summed E-state index contributed by atoms with van der Waals surface area (Å²) in [4.78, 5) is 6.36. The number of aromatic nitrogens is 1. The van der Waals surface area contributed by atoms with Gasteiger partial charge in [0.1, 0.15) is 0 Å². The van der Waals surface area contributed by atoms with Crippen LogP contribution in [0.1, 0.15) is 37.9 Å². The Morgan fingerprint density at radius 1 is 1.19 bits per heavy atom. The second kappa shape index (κ2) is 5.41. The molecule has 16 heavy (non-hydrogen) atoms. The standard InChI is InChI=1S/C13H20N2O/c1-11(15-9-3-2-4-10-15)13(16)12-5-7-14-8-6-12/h5-8,11,13,16H,2-4,9-10H2,1H3/t11-,13-/m1/s1. The van der Waals surface area contributed by atoms with Gasteiger partial charge in [0.05, 0.1) is 6.10 Å². The molecule has 1 aliphatic heterocycles. The molecule has 0 unspecified atom stereocenters. The van der Waals surface area contributed by atoms with Crippen LogP contribution in [-0.4, -0.2) is 34.1 Å². The highest BCUT2D eigenvalue weighted by Gasteiger charge is 2.23. The number of hydrogen-bond donors (Lipinski definition) is 1. The Balaban J connectivity index is 2.00. The van der Waals surface area contributed by atoms with E-state index in [0.717, 1.165) is 18.7 Å². The first-order valence-electron chi connectivity index (χ1n) is 6.11. The number of pyridine rings is 1. The van der Waals surface area contributed by atoms with Crippen molar-refractivity contribution < 1.29 is 5.11 Å². The average Bonchev–Trinajstić information content (AvgIpc) is 2.39. The van der Waals surface area contributed by atoms with E-state index in [4.69, 9.17) is 0 Å². The Kier molecular flexibility index (Phi) is 3.91. The zero-order valence-corrected chi connectivity index (χ0v) is 9.84. The zero-order chi connectivity index (χ0) is 11.4. The minimum Gasteiger partial charge on any atom is -0.387 e. The predicted octanol–water partition coefficient (Wildman–Crippen LogP) is 1.99. The van der Waals surface area contributed by atoms with Gasteiger partial charge >= 0.3 is 0 Å². The molecule has 0 radical (unpaired) electrons. The van der Waals surface area contributed by atoms with Gasteiger partial charge < -0.3 is 5.11 Å². The van der Waals surface area contributed by atoms with Gasteiger partial charge in [0.25, 0.3) is 0 Å². The molecule has 0 saturated carbocycles. The van der Waals surface area contributed by atoms with Crippen LogP contribution in [0, 0.1) is 0 Å². The average molecular weight is 220 g/mol. The third kappa shape index (κ3) is 2.60. The highest BCUT2D eigenvalue weighted by Crippen LogP contribution is 2.22. The second-order valence-corrected chi connectivity index (χ2v) is 4.56. The Hall–Kier alpha value is -0.930. The van der Waals surface area contributed by atoms with E-state index in [-0.39, 0.29) is 6.04 Å². The fourth-order valence-corrected chi connectivity index (χ4v) is 2.36. The van der Waals surface area contributed by atoms with E-state index in [9.17, 15) is 5.11 Å². The first-order valence-corrected chi connectivity index (χ1v) is 6.11. The zero-order valence-electron chi connectivity index (χ0n) is 9.84. The van der Waals surface area contributed by atoms with Crippen molar-refractivity contribution >= 4 is 0 Å². The molecule has 0 aliphatic carbocycles. The fraction of sp³-hybridized carbons (Fsp3) is 0.615. The van der Waals surface area contributed by atoms with Crippen LogP contribution < -0.4 is 0 Å². The number of aliphatic hydroxyl groups is 1. The largest absolute Gasteiger partial charge is 0.387 e. The molecular weight excluding hydrogens is 200 g/mol. The highest BCUT2D eigenvalue weighted by molar-refractivity contribution is 5.14. The molecule has 88 valence electrons. The summed E-state index contributed by atoms with van der Waals surface area (Å²) in [7, 11) is 0. The summed E-state index contributed by atoms with van der Waals surface area (Å²) >= 11 is 0. The number of piperidine rings is 1. The quantitative estimate of drug-likeness (QED) is 0.846. The van der Waals surface area contributed by atoms with E-state index in [0.29, 0.717) is 0 Å².